The van der Waals surface area contributed by atoms with Crippen LogP contribution in [0.3, 0.4) is 0 Å². The number of sulfonamides is 1. The maximum absolute atomic E-state index is 13.5. The third kappa shape index (κ3) is 7.88. The van der Waals surface area contributed by atoms with Crippen LogP contribution in [0.2, 0.25) is 0 Å². The first kappa shape index (κ1) is 28.0. The van der Waals surface area contributed by atoms with Gasteiger partial charge >= 0.3 is 0 Å². The Morgan fingerprint density at radius 3 is 2.17 bits per heavy atom. The molecule has 10 heteroatoms. The van der Waals surface area contributed by atoms with E-state index in [2.05, 4.69) is 5.32 Å². The number of methoxy groups -OCH3 is 2. The van der Waals surface area contributed by atoms with Gasteiger partial charge in [-0.3, -0.25) is 13.9 Å². The van der Waals surface area contributed by atoms with Crippen molar-refractivity contribution in [1.29, 1.82) is 0 Å². The van der Waals surface area contributed by atoms with E-state index in [-0.39, 0.29) is 18.5 Å². The minimum absolute atomic E-state index is 0.0628. The van der Waals surface area contributed by atoms with E-state index in [1.807, 2.05) is 13.8 Å². The molecule has 0 aliphatic rings. The van der Waals surface area contributed by atoms with Crippen molar-refractivity contribution in [3.8, 4) is 11.5 Å². The first-order chi connectivity index (χ1) is 16.5. The molecule has 9 nitrogen and oxygen atoms in total. The maximum Gasteiger partial charge on any atom is 0.244 e. The summed E-state index contributed by atoms with van der Waals surface area (Å²) in [7, 11) is -0.774. The molecule has 2 atom stereocenters. The summed E-state index contributed by atoms with van der Waals surface area (Å²) in [6.07, 6.45) is 1.77. The Labute approximate surface area is 208 Å². The molecule has 192 valence electrons. The van der Waals surface area contributed by atoms with Gasteiger partial charge in [-0.05, 0) is 50.1 Å². The molecule has 0 saturated heterocycles. The lowest BCUT2D eigenvalue weighted by molar-refractivity contribution is -0.139. The SMILES string of the molecule is CC[C@H](C)NC(=O)[C@H](C)N(Cc1ccc(OC)cc1)C(=O)CN(c1cccc(OC)c1)S(C)(=O)=O. The standard InChI is InChI=1S/C25H35N3O6S/c1-7-18(2)26-25(30)19(3)27(16-20-11-13-22(33-4)14-12-20)24(29)17-28(35(6,31)32)21-9-8-10-23(15-21)34-5/h8-15,18-19H,7,16-17H2,1-6H3,(H,26,30)/t18-,19-/m0/s1. The van der Waals surface area contributed by atoms with Crippen LogP contribution in [0, 0.1) is 0 Å². The number of nitrogens with zero attached hydrogens (tertiary/aromatic N) is 2. The molecule has 2 aromatic rings. The van der Waals surface area contributed by atoms with Crippen molar-refractivity contribution in [3.05, 3.63) is 54.1 Å². The van der Waals surface area contributed by atoms with Crippen LogP contribution in [0.5, 0.6) is 11.5 Å². The van der Waals surface area contributed by atoms with E-state index in [4.69, 9.17) is 9.47 Å². The Hall–Kier alpha value is -3.27. The number of amides is 2. The van der Waals surface area contributed by atoms with E-state index in [1.54, 1.807) is 62.6 Å². The van der Waals surface area contributed by atoms with Gasteiger partial charge in [0.25, 0.3) is 0 Å². The lowest BCUT2D eigenvalue weighted by Gasteiger charge is -2.32. The number of carbonyl (C=O) groups is 2. The van der Waals surface area contributed by atoms with Crippen LogP contribution in [0.1, 0.15) is 32.8 Å². The fourth-order valence-corrected chi connectivity index (χ4v) is 4.20. The van der Waals surface area contributed by atoms with E-state index in [9.17, 15) is 18.0 Å². The summed E-state index contributed by atoms with van der Waals surface area (Å²) in [5.41, 5.74) is 1.07. The number of rotatable bonds is 12. The quantitative estimate of drug-likeness (QED) is 0.476. The van der Waals surface area contributed by atoms with Crippen molar-refractivity contribution in [2.45, 2.75) is 45.8 Å². The first-order valence-electron chi connectivity index (χ1n) is 11.3. The minimum Gasteiger partial charge on any atom is -0.497 e. The molecule has 0 aliphatic carbocycles. The van der Waals surface area contributed by atoms with Gasteiger partial charge < -0.3 is 19.7 Å². The van der Waals surface area contributed by atoms with Crippen LogP contribution in [0.15, 0.2) is 48.5 Å². The van der Waals surface area contributed by atoms with Gasteiger partial charge in [0.1, 0.15) is 24.1 Å². The summed E-state index contributed by atoms with van der Waals surface area (Å²) in [4.78, 5) is 27.8. The molecule has 0 unspecified atom stereocenters. The Morgan fingerprint density at radius 1 is 1.00 bits per heavy atom. The fourth-order valence-electron chi connectivity index (χ4n) is 3.36. The normalized spacial score (nSPS) is 12.9. The van der Waals surface area contributed by atoms with E-state index in [0.717, 1.165) is 22.5 Å². The zero-order valence-corrected chi connectivity index (χ0v) is 22.0. The number of hydrogen-bond donors (Lipinski definition) is 1. The predicted molar refractivity (Wildman–Crippen MR) is 136 cm³/mol. The van der Waals surface area contributed by atoms with Crippen LogP contribution < -0.4 is 19.1 Å². The summed E-state index contributed by atoms with van der Waals surface area (Å²) in [6, 6.07) is 12.7. The molecule has 0 heterocycles. The third-order valence-electron chi connectivity index (χ3n) is 5.70. The molecular weight excluding hydrogens is 470 g/mol. The average Bonchev–Trinajstić information content (AvgIpc) is 2.84. The summed E-state index contributed by atoms with van der Waals surface area (Å²) in [5.74, 6) is 0.296. The Balaban J connectivity index is 2.39. The summed E-state index contributed by atoms with van der Waals surface area (Å²) >= 11 is 0. The van der Waals surface area contributed by atoms with E-state index in [0.29, 0.717) is 17.2 Å². The van der Waals surface area contributed by atoms with Crippen LogP contribution >= 0.6 is 0 Å². The third-order valence-corrected chi connectivity index (χ3v) is 6.84. The molecule has 0 bridgehead atoms. The Kier molecular flexibility index (Phi) is 9.94. The average molecular weight is 506 g/mol. The van der Waals surface area contributed by atoms with Gasteiger partial charge in [0.05, 0.1) is 26.2 Å². The molecule has 0 saturated carbocycles. The van der Waals surface area contributed by atoms with Gasteiger partial charge in [-0.15, -0.1) is 0 Å². The molecule has 0 aromatic heterocycles. The topological polar surface area (TPSA) is 105 Å². The lowest BCUT2D eigenvalue weighted by atomic mass is 10.1. The van der Waals surface area contributed by atoms with Crippen LogP contribution in [-0.4, -0.2) is 64.2 Å². The van der Waals surface area contributed by atoms with Crippen LogP contribution in [0.4, 0.5) is 5.69 Å². The van der Waals surface area contributed by atoms with Gasteiger partial charge in [0.15, 0.2) is 0 Å². The highest BCUT2D eigenvalue weighted by Crippen LogP contribution is 2.24. The highest BCUT2D eigenvalue weighted by Gasteiger charge is 2.30. The van der Waals surface area contributed by atoms with Crippen molar-refractivity contribution < 1.29 is 27.5 Å². The molecule has 2 amide bonds. The number of benzene rings is 2. The smallest absolute Gasteiger partial charge is 0.244 e. The molecular formula is C25H35N3O6S. The molecule has 0 radical (unpaired) electrons. The van der Waals surface area contributed by atoms with Crippen molar-refractivity contribution in [3.63, 3.8) is 0 Å². The number of anilines is 1. The second kappa shape index (κ2) is 12.4. The summed E-state index contributed by atoms with van der Waals surface area (Å²) < 4.78 is 36.7. The molecule has 0 aliphatic heterocycles. The monoisotopic (exact) mass is 505 g/mol. The molecule has 35 heavy (non-hydrogen) atoms. The molecule has 2 aromatic carbocycles. The Bertz CT molecular complexity index is 1100. The van der Waals surface area contributed by atoms with Gasteiger partial charge in [-0.25, -0.2) is 8.42 Å². The van der Waals surface area contributed by atoms with Crippen LogP contribution in [0.25, 0.3) is 0 Å². The van der Waals surface area contributed by atoms with E-state index in [1.165, 1.54) is 12.0 Å². The van der Waals surface area contributed by atoms with E-state index < -0.39 is 28.5 Å². The van der Waals surface area contributed by atoms with Crippen molar-refractivity contribution >= 4 is 27.5 Å². The zero-order valence-electron chi connectivity index (χ0n) is 21.1. The molecule has 0 fully saturated rings. The Morgan fingerprint density at radius 2 is 1.63 bits per heavy atom. The molecule has 0 spiro atoms. The molecule has 2 rings (SSSR count). The number of hydrogen-bond acceptors (Lipinski definition) is 6. The maximum atomic E-state index is 13.5. The van der Waals surface area contributed by atoms with E-state index >= 15 is 0 Å². The van der Waals surface area contributed by atoms with Crippen molar-refractivity contribution in [2.24, 2.45) is 0 Å². The largest absolute Gasteiger partial charge is 0.497 e. The van der Waals surface area contributed by atoms with Crippen molar-refractivity contribution in [1.82, 2.24) is 10.2 Å². The van der Waals surface area contributed by atoms with Gasteiger partial charge in [0, 0.05) is 18.7 Å². The number of nitrogens with one attached hydrogen (secondary N) is 1. The van der Waals surface area contributed by atoms with Gasteiger partial charge in [-0.1, -0.05) is 25.1 Å². The lowest BCUT2D eigenvalue weighted by Crippen LogP contribution is -2.52. The van der Waals surface area contributed by atoms with Crippen LogP contribution in [-0.2, 0) is 26.2 Å². The number of carbonyl (C=O) groups excluding carboxylic acids is 2. The minimum atomic E-state index is -3.81. The zero-order chi connectivity index (χ0) is 26.2. The van der Waals surface area contributed by atoms with Gasteiger partial charge in [0.2, 0.25) is 21.8 Å². The number of ether oxygens (including phenoxy) is 2. The van der Waals surface area contributed by atoms with Crippen molar-refractivity contribution in [2.75, 3.05) is 31.3 Å². The fraction of sp³-hybridized carbons (Fsp3) is 0.440. The highest BCUT2D eigenvalue weighted by molar-refractivity contribution is 7.92. The molecule has 1 N–H and O–H groups in total. The second-order valence-electron chi connectivity index (χ2n) is 8.33. The summed E-state index contributed by atoms with van der Waals surface area (Å²) in [5, 5.41) is 2.90. The van der Waals surface area contributed by atoms with Gasteiger partial charge in [-0.2, -0.15) is 0 Å². The first-order valence-corrected chi connectivity index (χ1v) is 13.2. The highest BCUT2D eigenvalue weighted by atomic mass is 32.2. The predicted octanol–water partition coefficient (Wildman–Crippen LogP) is 2.80. The second-order valence-corrected chi connectivity index (χ2v) is 10.2. The summed E-state index contributed by atoms with van der Waals surface area (Å²) in [6.45, 7) is 5.12.